The van der Waals surface area contributed by atoms with E-state index in [9.17, 15) is 4.79 Å². The van der Waals surface area contributed by atoms with Gasteiger partial charge in [-0.25, -0.2) is 0 Å². The van der Waals surface area contributed by atoms with Gasteiger partial charge in [0.25, 0.3) is 0 Å². The molecule has 22 heavy (non-hydrogen) atoms. The van der Waals surface area contributed by atoms with Gasteiger partial charge >= 0.3 is 5.97 Å². The van der Waals surface area contributed by atoms with Crippen molar-refractivity contribution >= 4 is 16.9 Å². The second kappa shape index (κ2) is 6.40. The zero-order valence-corrected chi connectivity index (χ0v) is 12.9. The third kappa shape index (κ3) is 2.95. The maximum Gasteiger partial charge on any atom is 0.310 e. The molecule has 1 saturated carbocycles. The molecular weight excluding hydrogens is 282 g/mol. The van der Waals surface area contributed by atoms with Gasteiger partial charge in [0.1, 0.15) is 11.9 Å². The molecule has 5 heteroatoms. The van der Waals surface area contributed by atoms with Crippen molar-refractivity contribution < 1.29 is 19.0 Å². The quantitative estimate of drug-likeness (QED) is 0.863. The van der Waals surface area contributed by atoms with Crippen LogP contribution in [-0.2, 0) is 20.7 Å². The topological polar surface area (TPSA) is 60.6 Å². The van der Waals surface area contributed by atoms with Crippen LogP contribution in [0.1, 0.15) is 24.8 Å². The summed E-state index contributed by atoms with van der Waals surface area (Å²) in [7, 11) is 3.30. The van der Waals surface area contributed by atoms with Gasteiger partial charge in [-0.1, -0.05) is 0 Å². The highest BCUT2D eigenvalue weighted by atomic mass is 16.6. The Hall–Kier alpha value is -2.01. The van der Waals surface area contributed by atoms with Gasteiger partial charge in [0.05, 0.1) is 19.6 Å². The summed E-state index contributed by atoms with van der Waals surface area (Å²) in [4.78, 5) is 15.4. The lowest BCUT2D eigenvalue weighted by atomic mass is 10.1. The van der Waals surface area contributed by atoms with Crippen LogP contribution >= 0.6 is 0 Å². The number of hydrogen-bond acceptors (Lipinski definition) is 4. The molecule has 1 aromatic carbocycles. The Kier molecular flexibility index (Phi) is 4.34. The van der Waals surface area contributed by atoms with Crippen molar-refractivity contribution in [1.29, 1.82) is 0 Å². The van der Waals surface area contributed by atoms with E-state index < -0.39 is 0 Å². The molecule has 2 aromatic rings. The Labute approximate surface area is 129 Å². The summed E-state index contributed by atoms with van der Waals surface area (Å²) < 4.78 is 16.2. The van der Waals surface area contributed by atoms with Crippen molar-refractivity contribution in [2.24, 2.45) is 0 Å². The molecule has 5 nitrogen and oxygen atoms in total. The van der Waals surface area contributed by atoms with E-state index in [-0.39, 0.29) is 24.6 Å². The minimum absolute atomic E-state index is 0.0343. The van der Waals surface area contributed by atoms with Crippen LogP contribution in [0.3, 0.4) is 0 Å². The molecule has 2 atom stereocenters. The summed E-state index contributed by atoms with van der Waals surface area (Å²) in [6, 6.07) is 5.77. The van der Waals surface area contributed by atoms with Gasteiger partial charge < -0.3 is 19.2 Å². The van der Waals surface area contributed by atoms with E-state index in [0.29, 0.717) is 0 Å². The highest BCUT2D eigenvalue weighted by molar-refractivity contribution is 5.88. The van der Waals surface area contributed by atoms with Crippen LogP contribution in [-0.4, -0.2) is 37.4 Å². The number of esters is 1. The number of carbonyl (C=O) groups is 1. The average molecular weight is 303 g/mol. The number of hydrogen-bond donors (Lipinski definition) is 1. The zero-order chi connectivity index (χ0) is 15.5. The molecule has 118 valence electrons. The summed E-state index contributed by atoms with van der Waals surface area (Å²) in [5.41, 5.74) is 1.91. The molecule has 0 amide bonds. The predicted octanol–water partition coefficient (Wildman–Crippen LogP) is 2.83. The van der Waals surface area contributed by atoms with E-state index in [2.05, 4.69) is 4.98 Å². The van der Waals surface area contributed by atoms with Gasteiger partial charge in [-0.05, 0) is 43.0 Å². The zero-order valence-electron chi connectivity index (χ0n) is 12.9. The second-order valence-corrected chi connectivity index (χ2v) is 5.64. The lowest BCUT2D eigenvalue weighted by Crippen LogP contribution is -2.28. The lowest BCUT2D eigenvalue weighted by Gasteiger charge is -2.18. The maximum atomic E-state index is 12.2. The molecule has 1 heterocycles. The SMILES string of the molecule is COc1ccc2[nH]cc(CC(=O)O[C@H]3CCC[C@H]3OC)c2c1. The van der Waals surface area contributed by atoms with E-state index in [1.807, 2.05) is 24.4 Å². The Balaban J connectivity index is 1.71. The van der Waals surface area contributed by atoms with Crippen molar-refractivity contribution in [3.63, 3.8) is 0 Å². The summed E-state index contributed by atoms with van der Waals surface area (Å²) in [6.45, 7) is 0. The average Bonchev–Trinajstić information content (AvgIpc) is 3.13. The van der Waals surface area contributed by atoms with Gasteiger partial charge in [0.15, 0.2) is 0 Å². The monoisotopic (exact) mass is 303 g/mol. The summed E-state index contributed by atoms with van der Waals surface area (Å²) >= 11 is 0. The molecule has 0 unspecified atom stereocenters. The van der Waals surface area contributed by atoms with Crippen LogP contribution in [0.2, 0.25) is 0 Å². The minimum Gasteiger partial charge on any atom is -0.497 e. The molecule has 0 saturated heterocycles. The van der Waals surface area contributed by atoms with E-state index >= 15 is 0 Å². The van der Waals surface area contributed by atoms with Crippen molar-refractivity contribution in [3.05, 3.63) is 30.0 Å². The lowest BCUT2D eigenvalue weighted by molar-refractivity contribution is -0.153. The fraction of sp³-hybridized carbons (Fsp3) is 0.471. The highest BCUT2D eigenvalue weighted by Gasteiger charge is 2.30. The van der Waals surface area contributed by atoms with Gasteiger partial charge in [-0.2, -0.15) is 0 Å². The van der Waals surface area contributed by atoms with E-state index in [1.54, 1.807) is 14.2 Å². The molecule has 1 aromatic heterocycles. The Morgan fingerprint density at radius 1 is 1.27 bits per heavy atom. The largest absolute Gasteiger partial charge is 0.497 e. The molecular formula is C17H21NO4. The summed E-state index contributed by atoms with van der Waals surface area (Å²) in [5, 5.41) is 0.992. The third-order valence-corrected chi connectivity index (χ3v) is 4.29. The highest BCUT2D eigenvalue weighted by Crippen LogP contribution is 2.27. The van der Waals surface area contributed by atoms with Crippen molar-refractivity contribution in [3.8, 4) is 5.75 Å². The van der Waals surface area contributed by atoms with Crippen molar-refractivity contribution in [2.75, 3.05) is 14.2 Å². The van der Waals surface area contributed by atoms with Crippen LogP contribution in [0.5, 0.6) is 5.75 Å². The normalized spacial score (nSPS) is 21.2. The van der Waals surface area contributed by atoms with Gasteiger partial charge in [-0.15, -0.1) is 0 Å². The van der Waals surface area contributed by atoms with E-state index in [4.69, 9.17) is 14.2 Å². The number of aromatic nitrogens is 1. The third-order valence-electron chi connectivity index (χ3n) is 4.29. The number of aromatic amines is 1. The van der Waals surface area contributed by atoms with Crippen molar-refractivity contribution in [1.82, 2.24) is 4.98 Å². The first-order chi connectivity index (χ1) is 10.7. The fourth-order valence-corrected chi connectivity index (χ4v) is 3.09. The number of carbonyl (C=O) groups excluding carboxylic acids is 1. The number of ether oxygens (including phenoxy) is 3. The molecule has 0 spiro atoms. The number of H-pyrrole nitrogens is 1. The number of rotatable bonds is 5. The second-order valence-electron chi connectivity index (χ2n) is 5.64. The smallest absolute Gasteiger partial charge is 0.310 e. The van der Waals surface area contributed by atoms with Crippen LogP contribution < -0.4 is 4.74 Å². The molecule has 1 aliphatic rings. The first kappa shape index (κ1) is 14.9. The number of methoxy groups -OCH3 is 2. The van der Waals surface area contributed by atoms with E-state index in [0.717, 1.165) is 41.5 Å². The van der Waals surface area contributed by atoms with Crippen LogP contribution in [0.15, 0.2) is 24.4 Å². The first-order valence-electron chi connectivity index (χ1n) is 7.57. The molecule has 1 fully saturated rings. The Morgan fingerprint density at radius 2 is 2.09 bits per heavy atom. The molecule has 0 aliphatic heterocycles. The fourth-order valence-electron chi connectivity index (χ4n) is 3.09. The van der Waals surface area contributed by atoms with Crippen LogP contribution in [0.25, 0.3) is 10.9 Å². The Bertz CT molecular complexity index is 664. The first-order valence-corrected chi connectivity index (χ1v) is 7.57. The summed E-state index contributed by atoms with van der Waals surface area (Å²) in [5.74, 6) is 0.564. The standard InChI is InChI=1S/C17H21NO4/c1-20-12-6-7-14-13(9-12)11(10-18-14)8-17(19)22-16-5-3-4-15(16)21-2/h6-7,9-10,15-16,18H,3-5,8H2,1-2H3/t15-,16+/m1/s1. The molecule has 1 aliphatic carbocycles. The number of nitrogens with one attached hydrogen (secondary N) is 1. The predicted molar refractivity (Wildman–Crippen MR) is 83.1 cm³/mol. The molecule has 3 rings (SSSR count). The van der Waals surface area contributed by atoms with Crippen LogP contribution in [0, 0.1) is 0 Å². The molecule has 0 radical (unpaired) electrons. The van der Waals surface area contributed by atoms with Crippen LogP contribution in [0.4, 0.5) is 0 Å². The maximum absolute atomic E-state index is 12.2. The minimum atomic E-state index is -0.210. The van der Waals surface area contributed by atoms with Crippen molar-refractivity contribution in [2.45, 2.75) is 37.9 Å². The summed E-state index contributed by atoms with van der Waals surface area (Å²) in [6.07, 6.45) is 4.91. The molecule has 1 N–H and O–H groups in total. The van der Waals surface area contributed by atoms with Gasteiger partial charge in [0.2, 0.25) is 0 Å². The number of fused-ring (bicyclic) bond motifs is 1. The number of benzene rings is 1. The molecule has 0 bridgehead atoms. The van der Waals surface area contributed by atoms with E-state index in [1.165, 1.54) is 0 Å². The van der Waals surface area contributed by atoms with Gasteiger partial charge in [-0.3, -0.25) is 4.79 Å². The Morgan fingerprint density at radius 3 is 2.86 bits per heavy atom. The van der Waals surface area contributed by atoms with Gasteiger partial charge in [0, 0.05) is 24.2 Å².